The van der Waals surface area contributed by atoms with Crippen molar-refractivity contribution < 1.29 is 14.6 Å². The number of carboxylic acids is 1. The number of carbonyl (C=O) groups is 1. The predicted octanol–water partition coefficient (Wildman–Crippen LogP) is 2.82. The van der Waals surface area contributed by atoms with E-state index < -0.39 is 5.97 Å². The van der Waals surface area contributed by atoms with Crippen LogP contribution < -0.4 is 4.74 Å². The minimum atomic E-state index is -0.979. The number of nitriles is 1. The molecule has 2 rings (SSSR count). The third-order valence-electron chi connectivity index (χ3n) is 2.55. The summed E-state index contributed by atoms with van der Waals surface area (Å²) >= 11 is 1.48. The molecule has 0 unspecified atom stereocenters. The van der Waals surface area contributed by atoms with Crippen molar-refractivity contribution in [1.29, 1.82) is 5.26 Å². The number of pyridine rings is 1. The number of hydrogen-bond donors (Lipinski definition) is 1. The van der Waals surface area contributed by atoms with Crippen molar-refractivity contribution in [2.75, 3.05) is 12.4 Å². The Morgan fingerprint density at radius 1 is 1.38 bits per heavy atom. The summed E-state index contributed by atoms with van der Waals surface area (Å²) in [5, 5.41) is 18.4. The minimum Gasteiger partial charge on any atom is -0.493 e. The Morgan fingerprint density at radius 2 is 2.24 bits per heavy atom. The van der Waals surface area contributed by atoms with Gasteiger partial charge in [-0.1, -0.05) is 6.07 Å². The van der Waals surface area contributed by atoms with E-state index in [-0.39, 0.29) is 5.56 Å². The topological polar surface area (TPSA) is 83.2 Å². The molecular formula is C15H12N2O3S. The van der Waals surface area contributed by atoms with Gasteiger partial charge in [0.1, 0.15) is 5.75 Å². The molecule has 0 aliphatic heterocycles. The van der Waals surface area contributed by atoms with E-state index in [2.05, 4.69) is 11.1 Å². The van der Waals surface area contributed by atoms with Gasteiger partial charge in [-0.15, -0.1) is 11.8 Å². The van der Waals surface area contributed by atoms with Crippen LogP contribution in [0, 0.1) is 11.3 Å². The largest absolute Gasteiger partial charge is 0.493 e. The van der Waals surface area contributed by atoms with Gasteiger partial charge in [0.25, 0.3) is 0 Å². The van der Waals surface area contributed by atoms with E-state index in [1.807, 2.05) is 0 Å². The molecule has 0 fully saturated rings. The normalized spacial score (nSPS) is 9.86. The van der Waals surface area contributed by atoms with E-state index in [4.69, 9.17) is 15.1 Å². The molecule has 0 aliphatic rings. The van der Waals surface area contributed by atoms with Gasteiger partial charge in [-0.2, -0.15) is 5.26 Å². The summed E-state index contributed by atoms with van der Waals surface area (Å²) in [7, 11) is 0. The second kappa shape index (κ2) is 7.31. The van der Waals surface area contributed by atoms with Crippen LogP contribution in [0.15, 0.2) is 47.6 Å². The van der Waals surface area contributed by atoms with Gasteiger partial charge in [0.05, 0.1) is 28.8 Å². The Morgan fingerprint density at radius 3 is 3.00 bits per heavy atom. The molecule has 0 bridgehead atoms. The molecule has 6 heteroatoms. The molecule has 21 heavy (non-hydrogen) atoms. The quantitative estimate of drug-likeness (QED) is 0.652. The van der Waals surface area contributed by atoms with Gasteiger partial charge < -0.3 is 9.84 Å². The third kappa shape index (κ3) is 4.51. The van der Waals surface area contributed by atoms with Crippen molar-refractivity contribution in [3.8, 4) is 11.8 Å². The van der Waals surface area contributed by atoms with Gasteiger partial charge in [0, 0.05) is 11.9 Å². The number of aromatic nitrogens is 1. The lowest BCUT2D eigenvalue weighted by Crippen LogP contribution is -2.02. The van der Waals surface area contributed by atoms with Gasteiger partial charge in [-0.05, 0) is 30.3 Å². The summed E-state index contributed by atoms with van der Waals surface area (Å²) in [5.74, 6) is 0.195. The monoisotopic (exact) mass is 300 g/mol. The van der Waals surface area contributed by atoms with Crippen LogP contribution in [0.1, 0.15) is 15.9 Å². The Labute approximate surface area is 126 Å². The standard InChI is InChI=1S/C15H12N2O3S/c16-10-11-4-5-17-14(8-11)21-7-6-20-13-3-1-2-12(9-13)15(18)19/h1-5,8-9H,6-7H2,(H,18,19). The SMILES string of the molecule is N#Cc1ccnc(SCCOc2cccc(C(=O)O)c2)c1. The number of hydrogen-bond acceptors (Lipinski definition) is 5. The molecule has 1 N–H and O–H groups in total. The smallest absolute Gasteiger partial charge is 0.335 e. The molecule has 106 valence electrons. The molecule has 0 saturated carbocycles. The highest BCUT2D eigenvalue weighted by atomic mass is 32.2. The van der Waals surface area contributed by atoms with Crippen LogP contribution in [0.2, 0.25) is 0 Å². The lowest BCUT2D eigenvalue weighted by molar-refractivity contribution is 0.0696. The fourth-order valence-corrected chi connectivity index (χ4v) is 2.30. The molecule has 5 nitrogen and oxygen atoms in total. The van der Waals surface area contributed by atoms with Crippen molar-refractivity contribution >= 4 is 17.7 Å². The lowest BCUT2D eigenvalue weighted by atomic mass is 10.2. The van der Waals surface area contributed by atoms with Crippen LogP contribution in [0.25, 0.3) is 0 Å². The maximum atomic E-state index is 10.8. The lowest BCUT2D eigenvalue weighted by Gasteiger charge is -2.06. The number of nitrogens with zero attached hydrogens (tertiary/aromatic N) is 2. The second-order valence-corrected chi connectivity index (χ2v) is 5.14. The number of ether oxygens (including phenoxy) is 1. The summed E-state index contributed by atoms with van der Waals surface area (Å²) in [6.45, 7) is 0.423. The van der Waals surface area contributed by atoms with Crippen LogP contribution in [0.5, 0.6) is 5.75 Å². The van der Waals surface area contributed by atoms with E-state index in [0.717, 1.165) is 5.03 Å². The average Bonchev–Trinajstić information content (AvgIpc) is 2.52. The summed E-state index contributed by atoms with van der Waals surface area (Å²) in [5.41, 5.74) is 0.770. The molecule has 0 aliphatic carbocycles. The van der Waals surface area contributed by atoms with Crippen LogP contribution in [0.4, 0.5) is 0 Å². The first-order valence-corrected chi connectivity index (χ1v) is 7.13. The molecule has 0 atom stereocenters. The van der Waals surface area contributed by atoms with Crippen molar-refractivity contribution in [3.05, 3.63) is 53.7 Å². The van der Waals surface area contributed by atoms with Crippen molar-refractivity contribution in [1.82, 2.24) is 4.98 Å². The Kier molecular flexibility index (Phi) is 5.18. The van der Waals surface area contributed by atoms with Crippen LogP contribution in [-0.2, 0) is 0 Å². The zero-order chi connectivity index (χ0) is 15.1. The van der Waals surface area contributed by atoms with E-state index in [1.54, 1.807) is 30.5 Å². The van der Waals surface area contributed by atoms with Crippen molar-refractivity contribution in [2.45, 2.75) is 5.03 Å². The third-order valence-corrected chi connectivity index (χ3v) is 3.44. The van der Waals surface area contributed by atoms with Gasteiger partial charge in [0.15, 0.2) is 0 Å². The van der Waals surface area contributed by atoms with E-state index in [9.17, 15) is 4.79 Å². The van der Waals surface area contributed by atoms with Crippen molar-refractivity contribution in [2.24, 2.45) is 0 Å². The number of rotatable bonds is 6. The summed E-state index contributed by atoms with van der Waals surface area (Å²) in [6.07, 6.45) is 1.60. The average molecular weight is 300 g/mol. The molecule has 1 aromatic heterocycles. The van der Waals surface area contributed by atoms with E-state index in [0.29, 0.717) is 23.7 Å². The van der Waals surface area contributed by atoms with Crippen molar-refractivity contribution in [3.63, 3.8) is 0 Å². The molecule has 0 saturated heterocycles. The Balaban J connectivity index is 1.83. The highest BCUT2D eigenvalue weighted by Gasteiger charge is 2.04. The van der Waals surface area contributed by atoms with Gasteiger partial charge >= 0.3 is 5.97 Å². The zero-order valence-electron chi connectivity index (χ0n) is 11.0. The highest BCUT2D eigenvalue weighted by Crippen LogP contribution is 2.17. The first-order valence-electron chi connectivity index (χ1n) is 6.14. The number of carboxylic acid groups (broad SMARTS) is 1. The van der Waals surface area contributed by atoms with Crippen LogP contribution in [-0.4, -0.2) is 28.4 Å². The molecule has 1 aromatic carbocycles. The molecule has 0 amide bonds. The maximum absolute atomic E-state index is 10.8. The first-order chi connectivity index (χ1) is 10.2. The van der Waals surface area contributed by atoms with Gasteiger partial charge in [-0.25, -0.2) is 9.78 Å². The molecular weight excluding hydrogens is 288 g/mol. The fourth-order valence-electron chi connectivity index (χ4n) is 1.58. The van der Waals surface area contributed by atoms with Crippen LogP contribution >= 0.6 is 11.8 Å². The number of benzene rings is 1. The van der Waals surface area contributed by atoms with Gasteiger partial charge in [0.2, 0.25) is 0 Å². The predicted molar refractivity (Wildman–Crippen MR) is 78.6 cm³/mol. The zero-order valence-corrected chi connectivity index (χ0v) is 11.8. The van der Waals surface area contributed by atoms with E-state index in [1.165, 1.54) is 23.9 Å². The fraction of sp³-hybridized carbons (Fsp3) is 0.133. The van der Waals surface area contributed by atoms with E-state index >= 15 is 0 Å². The van der Waals surface area contributed by atoms with Crippen LogP contribution in [0.3, 0.4) is 0 Å². The molecule has 2 aromatic rings. The summed E-state index contributed by atoms with van der Waals surface area (Å²) in [6, 6.07) is 11.8. The number of aromatic carboxylic acids is 1. The highest BCUT2D eigenvalue weighted by molar-refractivity contribution is 7.99. The summed E-state index contributed by atoms with van der Waals surface area (Å²) in [4.78, 5) is 15.0. The molecule has 1 heterocycles. The number of thioether (sulfide) groups is 1. The second-order valence-electron chi connectivity index (χ2n) is 4.02. The minimum absolute atomic E-state index is 0.198. The summed E-state index contributed by atoms with van der Waals surface area (Å²) < 4.78 is 5.50. The molecule has 0 radical (unpaired) electrons. The van der Waals surface area contributed by atoms with Gasteiger partial charge in [-0.3, -0.25) is 0 Å². The first kappa shape index (κ1) is 14.9. The maximum Gasteiger partial charge on any atom is 0.335 e. The Bertz CT molecular complexity index is 683. The molecule has 0 spiro atoms. The Hall–Kier alpha value is -2.52.